The van der Waals surface area contributed by atoms with Gasteiger partial charge in [0.1, 0.15) is 5.60 Å². The second kappa shape index (κ2) is 5.26. The largest absolute Gasteiger partial charge is 0.444 e. The molecule has 0 aromatic rings. The lowest BCUT2D eigenvalue weighted by atomic mass is 9.78. The summed E-state index contributed by atoms with van der Waals surface area (Å²) in [6, 6.07) is 0. The topological polar surface area (TPSA) is 72.6 Å². The molecule has 1 aliphatic rings. The highest BCUT2D eigenvalue weighted by Crippen LogP contribution is 2.30. The van der Waals surface area contributed by atoms with Gasteiger partial charge in [-0.2, -0.15) is 0 Å². The van der Waals surface area contributed by atoms with Gasteiger partial charge < -0.3 is 15.4 Å². The van der Waals surface area contributed by atoms with Crippen LogP contribution in [0.5, 0.6) is 0 Å². The quantitative estimate of drug-likeness (QED) is 0.813. The summed E-state index contributed by atoms with van der Waals surface area (Å²) in [6.07, 6.45) is 1.24. The summed E-state index contributed by atoms with van der Waals surface area (Å²) in [4.78, 5) is 25.4. The number of amides is 1. The van der Waals surface area contributed by atoms with Gasteiger partial charge in [-0.3, -0.25) is 4.79 Å². The number of likely N-dealkylation sites (tertiary alicyclic amines) is 1. The Morgan fingerprint density at radius 1 is 1.39 bits per heavy atom. The first-order valence-corrected chi connectivity index (χ1v) is 6.39. The summed E-state index contributed by atoms with van der Waals surface area (Å²) >= 11 is 0. The van der Waals surface area contributed by atoms with E-state index in [4.69, 9.17) is 10.5 Å². The fourth-order valence-electron chi connectivity index (χ4n) is 2.20. The van der Waals surface area contributed by atoms with Crippen LogP contribution in [0.3, 0.4) is 0 Å². The van der Waals surface area contributed by atoms with Gasteiger partial charge >= 0.3 is 6.09 Å². The van der Waals surface area contributed by atoms with E-state index in [1.165, 1.54) is 0 Å². The number of ketones is 1. The van der Waals surface area contributed by atoms with E-state index in [1.807, 2.05) is 27.7 Å². The lowest BCUT2D eigenvalue weighted by Crippen LogP contribution is -2.51. The maximum Gasteiger partial charge on any atom is 0.410 e. The monoisotopic (exact) mass is 256 g/mol. The van der Waals surface area contributed by atoms with Crippen molar-refractivity contribution in [3.63, 3.8) is 0 Å². The maximum atomic E-state index is 12.0. The van der Waals surface area contributed by atoms with Gasteiger partial charge in [0.25, 0.3) is 0 Å². The molecule has 0 aromatic carbocycles. The molecule has 1 heterocycles. The zero-order valence-corrected chi connectivity index (χ0v) is 11.8. The molecule has 1 saturated heterocycles. The van der Waals surface area contributed by atoms with E-state index < -0.39 is 11.0 Å². The highest BCUT2D eigenvalue weighted by Gasteiger charge is 2.39. The summed E-state index contributed by atoms with van der Waals surface area (Å²) in [7, 11) is 0. The molecule has 104 valence electrons. The predicted octanol–water partition coefficient (Wildman–Crippen LogP) is 1.55. The Morgan fingerprint density at radius 2 is 2.00 bits per heavy atom. The first kappa shape index (κ1) is 15.0. The molecule has 1 aliphatic heterocycles. The minimum absolute atomic E-state index is 0.00996. The molecule has 1 fully saturated rings. The molecule has 1 amide bonds. The molecule has 2 N–H and O–H groups in total. The molecule has 1 atom stereocenters. The van der Waals surface area contributed by atoms with Crippen molar-refractivity contribution in [1.29, 1.82) is 0 Å². The van der Waals surface area contributed by atoms with E-state index in [1.54, 1.807) is 4.90 Å². The van der Waals surface area contributed by atoms with Crippen molar-refractivity contribution in [2.75, 3.05) is 19.6 Å². The molecule has 0 bridgehead atoms. The van der Waals surface area contributed by atoms with Crippen LogP contribution in [0.15, 0.2) is 0 Å². The number of hydrogen-bond acceptors (Lipinski definition) is 4. The average Bonchev–Trinajstić information content (AvgIpc) is 2.25. The Bertz CT molecular complexity index is 336. The first-order valence-electron chi connectivity index (χ1n) is 6.39. The average molecular weight is 256 g/mol. The van der Waals surface area contributed by atoms with Crippen LogP contribution in [0.2, 0.25) is 0 Å². The van der Waals surface area contributed by atoms with Gasteiger partial charge in [-0.25, -0.2) is 4.79 Å². The van der Waals surface area contributed by atoms with E-state index in [0.717, 1.165) is 12.8 Å². The highest BCUT2D eigenvalue weighted by molar-refractivity contribution is 5.87. The summed E-state index contributed by atoms with van der Waals surface area (Å²) in [5.41, 5.74) is 4.39. The minimum atomic E-state index is -0.524. The Balaban J connectivity index is 2.69. The highest BCUT2D eigenvalue weighted by atomic mass is 16.6. The van der Waals surface area contributed by atoms with Crippen molar-refractivity contribution in [3.8, 4) is 0 Å². The van der Waals surface area contributed by atoms with Gasteiger partial charge in [0.15, 0.2) is 5.78 Å². The number of rotatable bonds is 2. The number of carbonyl (C=O) groups is 2. The van der Waals surface area contributed by atoms with Crippen LogP contribution < -0.4 is 5.73 Å². The lowest BCUT2D eigenvalue weighted by molar-refractivity contribution is -0.129. The standard InChI is InChI=1S/C13H24N2O3/c1-12(2,3)18-11(17)15-7-5-6-13(4,9-15)10(16)8-14/h5-9,14H2,1-4H3. The Hall–Kier alpha value is -1.10. The summed E-state index contributed by atoms with van der Waals surface area (Å²) in [6.45, 7) is 8.44. The molecule has 1 unspecified atom stereocenters. The van der Waals surface area contributed by atoms with E-state index in [0.29, 0.717) is 13.1 Å². The molecular formula is C13H24N2O3. The van der Waals surface area contributed by atoms with Crippen LogP contribution in [0, 0.1) is 5.41 Å². The SMILES string of the molecule is CC(C)(C)OC(=O)N1CCCC(C)(C(=O)CN)C1. The summed E-state index contributed by atoms with van der Waals surface area (Å²) in [5, 5.41) is 0. The van der Waals surface area contributed by atoms with Gasteiger partial charge in [-0.1, -0.05) is 6.92 Å². The van der Waals surface area contributed by atoms with Gasteiger partial charge in [0, 0.05) is 18.5 Å². The van der Waals surface area contributed by atoms with E-state index in [9.17, 15) is 9.59 Å². The molecule has 0 aliphatic carbocycles. The van der Waals surface area contributed by atoms with Gasteiger partial charge in [-0.15, -0.1) is 0 Å². The van der Waals surface area contributed by atoms with Crippen molar-refractivity contribution >= 4 is 11.9 Å². The fraction of sp³-hybridized carbons (Fsp3) is 0.846. The second-order valence-corrected chi connectivity index (χ2v) is 6.19. The Morgan fingerprint density at radius 3 is 2.50 bits per heavy atom. The molecular weight excluding hydrogens is 232 g/mol. The van der Waals surface area contributed by atoms with Crippen LogP contribution in [-0.4, -0.2) is 42.0 Å². The third-order valence-corrected chi connectivity index (χ3v) is 3.21. The zero-order chi connectivity index (χ0) is 14.0. The molecule has 5 nitrogen and oxygen atoms in total. The smallest absolute Gasteiger partial charge is 0.410 e. The maximum absolute atomic E-state index is 12.0. The molecule has 1 rings (SSSR count). The van der Waals surface area contributed by atoms with Crippen molar-refractivity contribution in [1.82, 2.24) is 4.90 Å². The Kier molecular flexibility index (Phi) is 4.37. The van der Waals surface area contributed by atoms with Gasteiger partial charge in [-0.05, 0) is 33.6 Å². The molecule has 0 radical (unpaired) electrons. The summed E-state index contributed by atoms with van der Waals surface area (Å²) in [5.74, 6) is 0.00996. The van der Waals surface area contributed by atoms with Crippen LogP contribution in [0.25, 0.3) is 0 Å². The van der Waals surface area contributed by atoms with E-state index in [2.05, 4.69) is 0 Å². The molecule has 0 spiro atoms. The van der Waals surface area contributed by atoms with Crippen molar-refractivity contribution in [2.45, 2.75) is 46.1 Å². The Labute approximate surface area is 109 Å². The van der Waals surface area contributed by atoms with Crippen LogP contribution >= 0.6 is 0 Å². The van der Waals surface area contributed by atoms with Gasteiger partial charge in [0.2, 0.25) is 0 Å². The number of ether oxygens (including phenoxy) is 1. The zero-order valence-electron chi connectivity index (χ0n) is 11.8. The number of nitrogens with two attached hydrogens (primary N) is 1. The van der Waals surface area contributed by atoms with E-state index >= 15 is 0 Å². The van der Waals surface area contributed by atoms with Crippen molar-refractivity contribution in [3.05, 3.63) is 0 Å². The summed E-state index contributed by atoms with van der Waals surface area (Å²) < 4.78 is 5.33. The number of Topliss-reactive ketones (excluding diaryl/α,β-unsaturated/α-hetero) is 1. The normalized spacial score (nSPS) is 24.8. The van der Waals surface area contributed by atoms with Crippen molar-refractivity contribution in [2.24, 2.45) is 11.1 Å². The van der Waals surface area contributed by atoms with Crippen molar-refractivity contribution < 1.29 is 14.3 Å². The number of piperidine rings is 1. The third-order valence-electron chi connectivity index (χ3n) is 3.21. The molecule has 5 heteroatoms. The second-order valence-electron chi connectivity index (χ2n) is 6.19. The number of nitrogens with zero attached hydrogens (tertiary/aromatic N) is 1. The molecule has 18 heavy (non-hydrogen) atoms. The number of hydrogen-bond donors (Lipinski definition) is 1. The molecule has 0 aromatic heterocycles. The lowest BCUT2D eigenvalue weighted by Gasteiger charge is -2.39. The minimum Gasteiger partial charge on any atom is -0.444 e. The number of carbonyl (C=O) groups excluding carboxylic acids is 2. The van der Waals surface area contributed by atoms with Gasteiger partial charge in [0.05, 0.1) is 6.54 Å². The molecule has 0 saturated carbocycles. The van der Waals surface area contributed by atoms with Crippen LogP contribution in [0.4, 0.5) is 4.79 Å². The van der Waals surface area contributed by atoms with Crippen LogP contribution in [0.1, 0.15) is 40.5 Å². The fourth-order valence-corrected chi connectivity index (χ4v) is 2.20. The van der Waals surface area contributed by atoms with Crippen LogP contribution in [-0.2, 0) is 9.53 Å². The van der Waals surface area contributed by atoms with E-state index in [-0.39, 0.29) is 18.4 Å². The first-order chi connectivity index (χ1) is 8.18. The third kappa shape index (κ3) is 3.70. The predicted molar refractivity (Wildman–Crippen MR) is 69.2 cm³/mol.